The Balaban J connectivity index is 0.000000171. The topological polar surface area (TPSA) is 129 Å². The predicted molar refractivity (Wildman–Crippen MR) is 138 cm³/mol. The largest absolute Gasteiger partial charge is 0.377 e. The summed E-state index contributed by atoms with van der Waals surface area (Å²) in [6.07, 6.45) is 5.66. The molecule has 3 aromatic rings. The number of urea groups is 1. The lowest BCUT2D eigenvalue weighted by Gasteiger charge is -2.47. The summed E-state index contributed by atoms with van der Waals surface area (Å²) in [5, 5.41) is 12.9. The van der Waals surface area contributed by atoms with Crippen molar-refractivity contribution in [3.8, 4) is 0 Å². The molecule has 1 spiro atoms. The number of nitrogens with two attached hydrogens (primary N) is 1. The Bertz CT molecular complexity index is 1180. The van der Waals surface area contributed by atoms with Crippen molar-refractivity contribution < 1.29 is 9.53 Å². The number of primary amides is 1. The van der Waals surface area contributed by atoms with Crippen LogP contribution in [0.2, 0.25) is 0 Å². The number of rotatable bonds is 5. The second-order valence-corrected chi connectivity index (χ2v) is 8.87. The van der Waals surface area contributed by atoms with Crippen molar-refractivity contribution >= 4 is 29.4 Å². The van der Waals surface area contributed by atoms with E-state index >= 15 is 0 Å². The van der Waals surface area contributed by atoms with Crippen LogP contribution in [-0.2, 0) is 4.74 Å². The van der Waals surface area contributed by atoms with Gasteiger partial charge in [-0.3, -0.25) is 15.2 Å². The lowest BCUT2D eigenvalue weighted by molar-refractivity contribution is -0.123. The van der Waals surface area contributed by atoms with Crippen molar-refractivity contribution in [1.29, 1.82) is 5.41 Å². The van der Waals surface area contributed by atoms with Crippen molar-refractivity contribution in [1.82, 2.24) is 14.9 Å². The van der Waals surface area contributed by atoms with E-state index in [1.165, 1.54) is 30.9 Å². The highest BCUT2D eigenvalue weighted by atomic mass is 16.5. The zero-order valence-electron chi connectivity index (χ0n) is 20.0. The number of pyridine rings is 2. The summed E-state index contributed by atoms with van der Waals surface area (Å²) in [5.74, 6) is 0.963. The van der Waals surface area contributed by atoms with Gasteiger partial charge in [-0.1, -0.05) is 30.3 Å². The monoisotopic (exact) mass is 473 g/mol. The molecule has 5 N–H and O–H groups in total. The van der Waals surface area contributed by atoms with Gasteiger partial charge < -0.3 is 21.2 Å². The van der Waals surface area contributed by atoms with E-state index in [0.717, 1.165) is 24.6 Å². The van der Waals surface area contributed by atoms with Gasteiger partial charge in [0.15, 0.2) is 0 Å². The average molecular weight is 474 g/mol. The van der Waals surface area contributed by atoms with Gasteiger partial charge in [-0.15, -0.1) is 0 Å². The summed E-state index contributed by atoms with van der Waals surface area (Å²) in [4.78, 5) is 21.4. The van der Waals surface area contributed by atoms with E-state index in [9.17, 15) is 4.79 Å². The standard InChI is InChI=1S/C13H14N6O.C13H17NO/c1-8-4-10(2-3-16-8)18-11-7-17-12(19-13(15)20)5-9(11)6-14;1-14-8-7-12(13(14)9-15-10-13)11-5-3-2-4-6-11/h2-7,14H,1H3,(H,16,18)(H3,15,17,19,20);2-6,12H,7-10H2,1H3/t;12-/m.0/s1. The van der Waals surface area contributed by atoms with Crippen molar-refractivity contribution in [3.63, 3.8) is 0 Å². The van der Waals surface area contributed by atoms with Gasteiger partial charge in [0.05, 0.1) is 30.6 Å². The van der Waals surface area contributed by atoms with E-state index in [1.54, 1.807) is 12.3 Å². The first kappa shape index (κ1) is 24.3. The summed E-state index contributed by atoms with van der Waals surface area (Å²) in [6, 6.07) is 15.4. The Kier molecular flexibility index (Phi) is 7.38. The molecule has 5 rings (SSSR count). The molecule has 9 heteroatoms. The summed E-state index contributed by atoms with van der Waals surface area (Å²) >= 11 is 0. The van der Waals surface area contributed by atoms with Gasteiger partial charge in [0, 0.05) is 35.3 Å². The zero-order valence-corrected chi connectivity index (χ0v) is 20.0. The molecule has 2 aliphatic heterocycles. The summed E-state index contributed by atoms with van der Waals surface area (Å²) in [7, 11) is 2.23. The van der Waals surface area contributed by atoms with Gasteiger partial charge >= 0.3 is 6.03 Å². The molecule has 0 unspecified atom stereocenters. The Morgan fingerprint density at radius 1 is 1.23 bits per heavy atom. The minimum absolute atomic E-state index is 0.299. The van der Waals surface area contributed by atoms with Crippen LogP contribution in [0.25, 0.3) is 0 Å². The second kappa shape index (κ2) is 10.6. The number of likely N-dealkylation sites (tertiary alicyclic amines) is 1. The number of nitrogens with one attached hydrogen (secondary N) is 3. The molecule has 0 bridgehead atoms. The fraction of sp³-hybridized carbons (Fsp3) is 0.308. The molecule has 2 aromatic heterocycles. The van der Waals surface area contributed by atoms with Crippen LogP contribution in [0.4, 0.5) is 22.0 Å². The third-order valence-corrected chi connectivity index (χ3v) is 6.59. The smallest absolute Gasteiger partial charge is 0.317 e. The maximum absolute atomic E-state index is 10.8. The number of carbonyl (C=O) groups is 1. The highest BCUT2D eigenvalue weighted by Gasteiger charge is 2.52. The third kappa shape index (κ3) is 5.47. The molecular weight excluding hydrogens is 442 g/mol. The lowest BCUT2D eigenvalue weighted by atomic mass is 9.78. The van der Waals surface area contributed by atoms with E-state index in [4.69, 9.17) is 15.9 Å². The zero-order chi connectivity index (χ0) is 24.8. The summed E-state index contributed by atoms with van der Waals surface area (Å²) in [6.45, 7) is 4.90. The second-order valence-electron chi connectivity index (χ2n) is 8.87. The van der Waals surface area contributed by atoms with Crippen molar-refractivity contribution in [3.05, 3.63) is 77.7 Å². The molecule has 2 amide bonds. The minimum Gasteiger partial charge on any atom is -0.377 e. The van der Waals surface area contributed by atoms with Gasteiger partial charge in [-0.25, -0.2) is 9.78 Å². The highest BCUT2D eigenvalue weighted by molar-refractivity contribution is 5.91. The summed E-state index contributed by atoms with van der Waals surface area (Å²) < 4.78 is 5.44. The van der Waals surface area contributed by atoms with Gasteiger partial charge in [-0.05, 0) is 50.7 Å². The van der Waals surface area contributed by atoms with Crippen LogP contribution >= 0.6 is 0 Å². The fourth-order valence-electron chi connectivity index (χ4n) is 4.64. The number of benzene rings is 1. The third-order valence-electron chi connectivity index (χ3n) is 6.59. The molecule has 2 fully saturated rings. The van der Waals surface area contributed by atoms with E-state index in [-0.39, 0.29) is 0 Å². The number of aromatic nitrogens is 2. The van der Waals surface area contributed by atoms with E-state index in [0.29, 0.717) is 28.5 Å². The fourth-order valence-corrected chi connectivity index (χ4v) is 4.64. The molecule has 9 nitrogen and oxygen atoms in total. The lowest BCUT2D eigenvalue weighted by Crippen LogP contribution is -2.60. The van der Waals surface area contributed by atoms with Crippen molar-refractivity contribution in [2.24, 2.45) is 5.73 Å². The van der Waals surface area contributed by atoms with Crippen LogP contribution in [0.3, 0.4) is 0 Å². The van der Waals surface area contributed by atoms with Gasteiger partial charge in [0.2, 0.25) is 0 Å². The Labute approximate surface area is 205 Å². The van der Waals surface area contributed by atoms with Crippen molar-refractivity contribution in [2.45, 2.75) is 24.8 Å². The maximum Gasteiger partial charge on any atom is 0.317 e. The van der Waals surface area contributed by atoms with Crippen LogP contribution in [0.1, 0.15) is 29.2 Å². The molecule has 182 valence electrons. The van der Waals surface area contributed by atoms with Crippen LogP contribution in [-0.4, -0.2) is 59.5 Å². The van der Waals surface area contributed by atoms with Crippen LogP contribution in [0.15, 0.2) is 60.9 Å². The molecular formula is C26H31N7O2. The number of ether oxygens (including phenoxy) is 1. The molecule has 1 aromatic carbocycles. The maximum atomic E-state index is 10.8. The SMILES string of the molecule is CN1CC[C@@H](c2ccccc2)C12COC2.Cc1cc(Nc2cnc(NC(N)=O)cc2C=N)ccn1. The number of amides is 2. The van der Waals surface area contributed by atoms with Gasteiger partial charge in [0.1, 0.15) is 5.82 Å². The average Bonchev–Trinajstić information content (AvgIpc) is 3.18. The normalized spacial score (nSPS) is 18.2. The van der Waals surface area contributed by atoms with Crippen molar-refractivity contribution in [2.75, 3.05) is 37.4 Å². The van der Waals surface area contributed by atoms with Crippen LogP contribution < -0.4 is 16.4 Å². The first-order chi connectivity index (χ1) is 16.9. The summed E-state index contributed by atoms with van der Waals surface area (Å²) in [5.41, 5.74) is 9.77. The molecule has 0 aliphatic carbocycles. The van der Waals surface area contributed by atoms with Gasteiger partial charge in [0.25, 0.3) is 0 Å². The van der Waals surface area contributed by atoms with E-state index in [1.807, 2.05) is 19.1 Å². The number of hydrogen-bond donors (Lipinski definition) is 4. The quantitative estimate of drug-likeness (QED) is 0.416. The Hall–Kier alpha value is -3.82. The minimum atomic E-state index is -0.695. The van der Waals surface area contributed by atoms with Crippen LogP contribution in [0, 0.1) is 12.3 Å². The Morgan fingerprint density at radius 2 is 2.00 bits per heavy atom. The van der Waals surface area contributed by atoms with Crippen LogP contribution in [0.5, 0.6) is 0 Å². The Morgan fingerprint density at radius 3 is 2.63 bits per heavy atom. The number of anilines is 3. The number of hydrogen-bond acceptors (Lipinski definition) is 7. The molecule has 2 aliphatic rings. The molecule has 1 atom stereocenters. The predicted octanol–water partition coefficient (Wildman–Crippen LogP) is 3.89. The molecule has 2 saturated heterocycles. The number of likely N-dealkylation sites (N-methyl/N-ethyl adjacent to an activating group) is 1. The molecule has 0 radical (unpaired) electrons. The number of aryl methyl sites for hydroxylation is 1. The molecule has 35 heavy (non-hydrogen) atoms. The number of carbonyl (C=O) groups excluding carboxylic acids is 1. The first-order valence-corrected chi connectivity index (χ1v) is 11.5. The first-order valence-electron chi connectivity index (χ1n) is 11.5. The van der Waals surface area contributed by atoms with E-state index in [2.05, 4.69) is 62.9 Å². The van der Waals surface area contributed by atoms with E-state index < -0.39 is 6.03 Å². The molecule has 0 saturated carbocycles. The number of nitrogens with zero attached hydrogens (tertiary/aromatic N) is 3. The molecule has 4 heterocycles. The highest BCUT2D eigenvalue weighted by Crippen LogP contribution is 2.45. The van der Waals surface area contributed by atoms with Gasteiger partial charge in [-0.2, -0.15) is 0 Å².